The lowest BCUT2D eigenvalue weighted by Gasteiger charge is -2.36. The first-order valence-corrected chi connectivity index (χ1v) is 17.8. The fourth-order valence-corrected chi connectivity index (χ4v) is 7.48. The van der Waals surface area contributed by atoms with Gasteiger partial charge in [0.15, 0.2) is 0 Å². The molecule has 4 bridgehead atoms. The number of rotatable bonds is 6. The highest BCUT2D eigenvalue weighted by Gasteiger charge is 2.61. The second kappa shape index (κ2) is 13.8. The maximum absolute atomic E-state index is 14.4. The second-order valence-electron chi connectivity index (χ2n) is 14.7. The Bertz CT molecular complexity index is 1560. The zero-order valence-corrected chi connectivity index (χ0v) is 29.1. The predicted molar refractivity (Wildman–Crippen MR) is 183 cm³/mol. The van der Waals surface area contributed by atoms with Crippen LogP contribution in [0.1, 0.15) is 63.1 Å². The summed E-state index contributed by atoms with van der Waals surface area (Å²) in [5.41, 5.74) is 7.13. The number of hydrogen-bond acceptors (Lipinski definition) is 9. The van der Waals surface area contributed by atoms with Crippen molar-refractivity contribution in [1.82, 2.24) is 25.2 Å². The monoisotopic (exact) mass is 694 g/mol. The molecule has 2 aliphatic carbocycles. The Morgan fingerprint density at radius 3 is 2.65 bits per heavy atom. The number of fused-ring (bicyclic) bond motifs is 3. The summed E-state index contributed by atoms with van der Waals surface area (Å²) in [6.45, 7) is 10.0. The number of amides is 5. The van der Waals surface area contributed by atoms with Crippen molar-refractivity contribution >= 4 is 47.7 Å². The Hall–Kier alpha value is -3.88. The summed E-state index contributed by atoms with van der Waals surface area (Å²) in [6, 6.07) is 2.64. The summed E-state index contributed by atoms with van der Waals surface area (Å²) in [4.78, 5) is 71.6. The molecular weight excluding hydrogens is 648 g/mol. The van der Waals surface area contributed by atoms with Crippen molar-refractivity contribution in [2.45, 2.75) is 94.6 Å². The number of nitrogens with one attached hydrogen (secondary N) is 3. The van der Waals surface area contributed by atoms with Crippen LogP contribution in [0, 0.1) is 11.3 Å². The van der Waals surface area contributed by atoms with Gasteiger partial charge in [-0.25, -0.2) is 4.79 Å². The number of ether oxygens (including phenoxy) is 2. The SMILES string of the molecule is C=CC1CC1(NC(=O)C1CC2CN1C(=O)C(C(C)(C)C)NC(=O)C(N)COCC=Cc1cccc3c1CN(C3)C(=O)O2)C(=O)NSC1CC1. The summed E-state index contributed by atoms with van der Waals surface area (Å²) < 4.78 is 14.5. The lowest BCUT2D eigenvalue weighted by Crippen LogP contribution is -2.61. The van der Waals surface area contributed by atoms with Crippen molar-refractivity contribution in [1.29, 1.82) is 0 Å². The Kier molecular flexibility index (Phi) is 9.84. The molecule has 3 aliphatic heterocycles. The van der Waals surface area contributed by atoms with Crippen molar-refractivity contribution in [3.05, 3.63) is 53.6 Å². The lowest BCUT2D eigenvalue weighted by atomic mass is 9.85. The van der Waals surface area contributed by atoms with Gasteiger partial charge in [0.25, 0.3) is 5.91 Å². The van der Waals surface area contributed by atoms with Crippen LogP contribution in [0.5, 0.6) is 0 Å². The van der Waals surface area contributed by atoms with Gasteiger partial charge < -0.3 is 30.7 Å². The minimum absolute atomic E-state index is 0.0174. The van der Waals surface area contributed by atoms with Crippen LogP contribution in [0.3, 0.4) is 0 Å². The zero-order valence-electron chi connectivity index (χ0n) is 28.2. The van der Waals surface area contributed by atoms with Gasteiger partial charge in [0.05, 0.1) is 26.3 Å². The van der Waals surface area contributed by atoms with E-state index in [9.17, 15) is 24.0 Å². The van der Waals surface area contributed by atoms with Crippen molar-refractivity contribution in [3.8, 4) is 0 Å². The fraction of sp³-hybridized carbons (Fsp3) is 0.571. The van der Waals surface area contributed by atoms with Crippen LogP contribution >= 0.6 is 11.9 Å². The molecule has 5 aliphatic rings. The fourth-order valence-electron chi connectivity index (χ4n) is 6.65. The van der Waals surface area contributed by atoms with Gasteiger partial charge in [-0.15, -0.1) is 6.58 Å². The highest BCUT2D eigenvalue weighted by Crippen LogP contribution is 2.46. The summed E-state index contributed by atoms with van der Waals surface area (Å²) in [5, 5.41) is 6.11. The molecule has 14 heteroatoms. The van der Waals surface area contributed by atoms with E-state index < -0.39 is 59.0 Å². The van der Waals surface area contributed by atoms with Gasteiger partial charge in [0.1, 0.15) is 29.8 Å². The van der Waals surface area contributed by atoms with E-state index in [0.29, 0.717) is 24.8 Å². The molecule has 13 nitrogen and oxygen atoms in total. The lowest BCUT2D eigenvalue weighted by molar-refractivity contribution is -0.145. The third kappa shape index (κ3) is 7.51. The smallest absolute Gasteiger partial charge is 0.410 e. The molecule has 1 aromatic rings. The number of nitrogens with zero attached hydrogens (tertiary/aromatic N) is 2. The van der Waals surface area contributed by atoms with E-state index in [1.807, 2.05) is 30.4 Å². The zero-order chi connectivity index (χ0) is 35.1. The second-order valence-corrected chi connectivity index (χ2v) is 15.8. The average Bonchev–Trinajstić information content (AvgIpc) is 3.92. The molecule has 6 rings (SSSR count). The first-order valence-electron chi connectivity index (χ1n) is 16.9. The van der Waals surface area contributed by atoms with Gasteiger partial charge in [0.2, 0.25) is 17.7 Å². The van der Waals surface area contributed by atoms with E-state index in [-0.39, 0.29) is 38.0 Å². The Morgan fingerprint density at radius 1 is 1.18 bits per heavy atom. The highest BCUT2D eigenvalue weighted by molar-refractivity contribution is 7.98. The molecule has 49 heavy (non-hydrogen) atoms. The van der Waals surface area contributed by atoms with Crippen LogP contribution in [-0.2, 0) is 41.7 Å². The van der Waals surface area contributed by atoms with E-state index in [0.717, 1.165) is 29.5 Å². The largest absolute Gasteiger partial charge is 0.444 e. The topological polar surface area (TPSA) is 172 Å². The number of hydrogen-bond donors (Lipinski definition) is 4. The Labute approximate surface area is 290 Å². The molecule has 2 saturated carbocycles. The summed E-state index contributed by atoms with van der Waals surface area (Å²) in [5.74, 6) is -2.23. The number of nitrogens with two attached hydrogens (primary N) is 1. The molecule has 264 valence electrons. The molecule has 6 atom stereocenters. The van der Waals surface area contributed by atoms with E-state index >= 15 is 0 Å². The van der Waals surface area contributed by atoms with Gasteiger partial charge in [-0.2, -0.15) is 0 Å². The molecule has 0 aromatic heterocycles. The van der Waals surface area contributed by atoms with E-state index in [1.165, 1.54) is 16.8 Å². The minimum Gasteiger partial charge on any atom is -0.444 e. The molecule has 1 aromatic carbocycles. The number of carbonyl (C=O) groups excluding carboxylic acids is 5. The number of benzene rings is 1. The molecule has 3 heterocycles. The summed E-state index contributed by atoms with van der Waals surface area (Å²) >= 11 is 1.36. The van der Waals surface area contributed by atoms with Crippen LogP contribution in [0.15, 0.2) is 36.9 Å². The van der Waals surface area contributed by atoms with Crippen LogP contribution in [0.4, 0.5) is 4.79 Å². The third-order valence-corrected chi connectivity index (χ3v) is 10.9. The van der Waals surface area contributed by atoms with E-state index in [2.05, 4.69) is 21.9 Å². The maximum Gasteiger partial charge on any atom is 0.410 e. The Morgan fingerprint density at radius 2 is 1.96 bits per heavy atom. The molecule has 1 saturated heterocycles. The molecule has 0 spiro atoms. The van der Waals surface area contributed by atoms with Crippen LogP contribution in [0.25, 0.3) is 6.08 Å². The quantitative estimate of drug-likeness (QED) is 0.257. The standard InChI is InChI=1S/C35H46N6O7S/c1-5-22-15-35(22,32(45)39-49-24-11-12-24)38-30(43)27-14-23-17-41(27)31(44)28(34(2,3)4)37-29(42)26(36)19-47-13-7-10-20-8-6-9-21-16-40(18-25(20)21)33(46)48-23/h5-10,22-24,26-28H,1,11-19,36H2,2-4H3,(H,37,42)(H,38,43)(H,39,45). The van der Waals surface area contributed by atoms with Crippen molar-refractivity contribution in [2.75, 3.05) is 19.8 Å². The molecule has 6 unspecified atom stereocenters. The molecule has 5 amide bonds. The van der Waals surface area contributed by atoms with Gasteiger partial charge in [-0.05, 0) is 53.3 Å². The first-order chi connectivity index (χ1) is 23.3. The maximum atomic E-state index is 14.4. The molecular formula is C35H46N6O7S. The van der Waals surface area contributed by atoms with Gasteiger partial charge >= 0.3 is 6.09 Å². The van der Waals surface area contributed by atoms with E-state index in [4.69, 9.17) is 15.2 Å². The Balaban J connectivity index is 1.28. The highest BCUT2D eigenvalue weighted by atomic mass is 32.2. The van der Waals surface area contributed by atoms with Crippen molar-refractivity contribution in [2.24, 2.45) is 17.1 Å². The molecule has 3 fully saturated rings. The van der Waals surface area contributed by atoms with Crippen molar-refractivity contribution < 1.29 is 33.4 Å². The minimum atomic E-state index is -1.19. The van der Waals surface area contributed by atoms with Crippen molar-refractivity contribution in [3.63, 3.8) is 0 Å². The third-order valence-electron chi connectivity index (χ3n) is 9.83. The number of carbonyl (C=O) groups is 5. The molecule has 0 radical (unpaired) electrons. The summed E-state index contributed by atoms with van der Waals surface area (Å²) in [7, 11) is 0. The average molecular weight is 695 g/mol. The first kappa shape index (κ1) is 35.0. The van der Waals surface area contributed by atoms with Gasteiger partial charge in [-0.1, -0.05) is 57.2 Å². The van der Waals surface area contributed by atoms with E-state index in [1.54, 1.807) is 31.7 Å². The normalized spacial score (nSPS) is 30.4. The predicted octanol–water partition coefficient (Wildman–Crippen LogP) is 2.00. The summed E-state index contributed by atoms with van der Waals surface area (Å²) in [6.07, 6.45) is 6.47. The van der Waals surface area contributed by atoms with Gasteiger partial charge in [-0.3, -0.25) is 28.8 Å². The molecule has 5 N–H and O–H groups in total. The van der Waals surface area contributed by atoms with Crippen LogP contribution < -0.4 is 21.1 Å². The van der Waals surface area contributed by atoms with Crippen LogP contribution in [0.2, 0.25) is 0 Å². The van der Waals surface area contributed by atoms with Crippen LogP contribution in [-0.4, -0.2) is 94.3 Å². The van der Waals surface area contributed by atoms with Gasteiger partial charge in [0, 0.05) is 24.1 Å².